The van der Waals surface area contributed by atoms with Crippen molar-refractivity contribution in [2.24, 2.45) is 5.92 Å². The summed E-state index contributed by atoms with van der Waals surface area (Å²) in [6.45, 7) is 6.65. The summed E-state index contributed by atoms with van der Waals surface area (Å²) in [5, 5.41) is 0. The molecule has 2 heterocycles. The van der Waals surface area contributed by atoms with Crippen LogP contribution < -0.4 is 0 Å². The summed E-state index contributed by atoms with van der Waals surface area (Å²) in [4.78, 5) is 6.97. The number of hydrogen-bond donors (Lipinski definition) is 0. The molecule has 0 aliphatic carbocycles. The van der Waals surface area contributed by atoms with Crippen LogP contribution in [0, 0.1) is 11.7 Å². The van der Waals surface area contributed by atoms with Gasteiger partial charge in [-0.25, -0.2) is 9.37 Å². The monoisotopic (exact) mass is 309 g/mol. The summed E-state index contributed by atoms with van der Waals surface area (Å²) >= 11 is 6.01. The SMILES string of the molecule is CC(CN1CCCC1)Cn1c(CCl)nc2cc(F)ccc21. The first kappa shape index (κ1) is 14.8. The number of halogens is 2. The van der Waals surface area contributed by atoms with E-state index >= 15 is 0 Å². The predicted octanol–water partition coefficient (Wildman–Crippen LogP) is 3.65. The van der Waals surface area contributed by atoms with Crippen molar-refractivity contribution in [2.45, 2.75) is 32.2 Å². The van der Waals surface area contributed by atoms with Gasteiger partial charge in [0.15, 0.2) is 0 Å². The molecule has 1 aromatic heterocycles. The van der Waals surface area contributed by atoms with Crippen molar-refractivity contribution in [2.75, 3.05) is 19.6 Å². The van der Waals surface area contributed by atoms with Crippen LogP contribution in [0.4, 0.5) is 4.39 Å². The number of imidazole rings is 1. The highest BCUT2D eigenvalue weighted by atomic mass is 35.5. The van der Waals surface area contributed by atoms with Crippen LogP contribution in [0.2, 0.25) is 0 Å². The molecule has 5 heteroatoms. The van der Waals surface area contributed by atoms with Gasteiger partial charge in [-0.2, -0.15) is 0 Å². The Kier molecular flexibility index (Phi) is 4.45. The van der Waals surface area contributed by atoms with Crippen LogP contribution in [-0.4, -0.2) is 34.1 Å². The van der Waals surface area contributed by atoms with Crippen molar-refractivity contribution in [3.8, 4) is 0 Å². The number of aromatic nitrogens is 2. The number of benzene rings is 1. The standard InChI is InChI=1S/C16H21ClFN3/c1-12(10-20-6-2-3-7-20)11-21-15-5-4-13(18)8-14(15)19-16(21)9-17/h4-5,8,12H,2-3,6-7,9-11H2,1H3. The van der Waals surface area contributed by atoms with Crippen molar-refractivity contribution in [1.82, 2.24) is 14.5 Å². The third-order valence-electron chi connectivity index (χ3n) is 4.17. The average Bonchev–Trinajstić information content (AvgIpc) is 3.06. The third kappa shape index (κ3) is 3.22. The van der Waals surface area contributed by atoms with E-state index in [1.165, 1.54) is 38.1 Å². The van der Waals surface area contributed by atoms with Crippen molar-refractivity contribution < 1.29 is 4.39 Å². The maximum Gasteiger partial charge on any atom is 0.125 e. The summed E-state index contributed by atoms with van der Waals surface area (Å²) in [5.74, 6) is 1.45. The van der Waals surface area contributed by atoms with Crippen LogP contribution in [0.25, 0.3) is 11.0 Å². The summed E-state index contributed by atoms with van der Waals surface area (Å²) in [6.07, 6.45) is 2.62. The number of nitrogens with zero attached hydrogens (tertiary/aromatic N) is 3. The second-order valence-corrected chi connectivity index (χ2v) is 6.29. The number of hydrogen-bond acceptors (Lipinski definition) is 2. The van der Waals surface area contributed by atoms with Gasteiger partial charge in [0.05, 0.1) is 16.9 Å². The van der Waals surface area contributed by atoms with E-state index in [1.807, 2.05) is 0 Å². The highest BCUT2D eigenvalue weighted by molar-refractivity contribution is 6.16. The molecule has 0 N–H and O–H groups in total. The highest BCUT2D eigenvalue weighted by Gasteiger charge is 2.17. The third-order valence-corrected chi connectivity index (χ3v) is 4.41. The molecule has 0 amide bonds. The molecule has 1 unspecified atom stereocenters. The first-order chi connectivity index (χ1) is 10.2. The molecular formula is C16H21ClFN3. The zero-order valence-corrected chi connectivity index (χ0v) is 13.1. The largest absolute Gasteiger partial charge is 0.327 e. The number of rotatable bonds is 5. The highest BCUT2D eigenvalue weighted by Crippen LogP contribution is 2.21. The van der Waals surface area contributed by atoms with Crippen LogP contribution in [0.15, 0.2) is 18.2 Å². The molecule has 1 saturated heterocycles. The summed E-state index contributed by atoms with van der Waals surface area (Å²) in [7, 11) is 0. The fourth-order valence-corrected chi connectivity index (χ4v) is 3.44. The second kappa shape index (κ2) is 6.32. The van der Waals surface area contributed by atoms with Crippen LogP contribution >= 0.6 is 11.6 Å². The zero-order valence-electron chi connectivity index (χ0n) is 12.4. The molecule has 0 radical (unpaired) electrons. The second-order valence-electron chi connectivity index (χ2n) is 6.02. The van der Waals surface area contributed by atoms with Gasteiger partial charge in [0, 0.05) is 19.2 Å². The van der Waals surface area contributed by atoms with Crippen molar-refractivity contribution >= 4 is 22.6 Å². The fourth-order valence-electron chi connectivity index (χ4n) is 3.23. The molecule has 0 bridgehead atoms. The molecule has 2 aromatic rings. The Morgan fingerprint density at radius 3 is 2.76 bits per heavy atom. The molecular weight excluding hydrogens is 289 g/mol. The molecule has 3 rings (SSSR count). The Balaban J connectivity index is 1.81. The molecule has 21 heavy (non-hydrogen) atoms. The quantitative estimate of drug-likeness (QED) is 0.786. The van der Waals surface area contributed by atoms with Crippen molar-refractivity contribution in [3.05, 3.63) is 29.8 Å². The lowest BCUT2D eigenvalue weighted by Crippen LogP contribution is -2.27. The maximum absolute atomic E-state index is 13.3. The van der Waals surface area contributed by atoms with E-state index in [2.05, 4.69) is 21.4 Å². The number of alkyl halides is 1. The summed E-state index contributed by atoms with van der Waals surface area (Å²) in [6, 6.07) is 4.77. The van der Waals surface area contributed by atoms with Crippen LogP contribution in [-0.2, 0) is 12.4 Å². The van der Waals surface area contributed by atoms with E-state index < -0.39 is 0 Å². The molecule has 3 nitrogen and oxygen atoms in total. The molecule has 1 fully saturated rings. The van der Waals surface area contributed by atoms with E-state index in [-0.39, 0.29) is 5.82 Å². The van der Waals surface area contributed by atoms with Gasteiger partial charge in [-0.05, 0) is 44.0 Å². The van der Waals surface area contributed by atoms with Crippen LogP contribution in [0.1, 0.15) is 25.6 Å². The van der Waals surface area contributed by atoms with Crippen LogP contribution in [0.5, 0.6) is 0 Å². The van der Waals surface area contributed by atoms with E-state index in [9.17, 15) is 4.39 Å². The van der Waals surface area contributed by atoms with Gasteiger partial charge in [-0.15, -0.1) is 11.6 Å². The molecule has 0 spiro atoms. The normalized spacial score (nSPS) is 17.7. The van der Waals surface area contributed by atoms with E-state index in [0.717, 1.165) is 24.4 Å². The maximum atomic E-state index is 13.3. The molecule has 0 saturated carbocycles. The Bertz CT molecular complexity index is 619. The summed E-state index contributed by atoms with van der Waals surface area (Å²) in [5.41, 5.74) is 1.67. The minimum atomic E-state index is -0.251. The van der Waals surface area contributed by atoms with Gasteiger partial charge < -0.3 is 9.47 Å². The van der Waals surface area contributed by atoms with E-state index in [0.29, 0.717) is 17.3 Å². The predicted molar refractivity (Wildman–Crippen MR) is 84.1 cm³/mol. The van der Waals surface area contributed by atoms with Gasteiger partial charge >= 0.3 is 0 Å². The lowest BCUT2D eigenvalue weighted by molar-refractivity contribution is 0.272. The first-order valence-electron chi connectivity index (χ1n) is 7.60. The fraction of sp³-hybridized carbons (Fsp3) is 0.562. The first-order valence-corrected chi connectivity index (χ1v) is 8.14. The lowest BCUT2D eigenvalue weighted by atomic mass is 10.1. The smallest absolute Gasteiger partial charge is 0.125 e. The molecule has 1 aliphatic heterocycles. The Labute approximate surface area is 129 Å². The molecule has 1 aliphatic rings. The topological polar surface area (TPSA) is 21.1 Å². The van der Waals surface area contributed by atoms with Gasteiger partial charge in [-0.1, -0.05) is 6.92 Å². The van der Waals surface area contributed by atoms with Gasteiger partial charge in [0.1, 0.15) is 11.6 Å². The Hall–Kier alpha value is -1.13. The van der Waals surface area contributed by atoms with E-state index in [1.54, 1.807) is 6.07 Å². The lowest BCUT2D eigenvalue weighted by Gasteiger charge is -2.21. The minimum Gasteiger partial charge on any atom is -0.327 e. The van der Waals surface area contributed by atoms with Crippen molar-refractivity contribution in [3.63, 3.8) is 0 Å². The van der Waals surface area contributed by atoms with E-state index in [4.69, 9.17) is 11.6 Å². The van der Waals surface area contributed by atoms with Gasteiger partial charge in [0.2, 0.25) is 0 Å². The van der Waals surface area contributed by atoms with Gasteiger partial charge in [-0.3, -0.25) is 0 Å². The van der Waals surface area contributed by atoms with Crippen molar-refractivity contribution in [1.29, 1.82) is 0 Å². The molecule has 114 valence electrons. The molecule has 1 atom stereocenters. The Morgan fingerprint density at radius 1 is 1.29 bits per heavy atom. The number of fused-ring (bicyclic) bond motifs is 1. The number of likely N-dealkylation sites (tertiary alicyclic amines) is 1. The summed E-state index contributed by atoms with van der Waals surface area (Å²) < 4.78 is 15.5. The zero-order chi connectivity index (χ0) is 14.8. The molecule has 1 aromatic carbocycles. The Morgan fingerprint density at radius 2 is 2.05 bits per heavy atom. The average molecular weight is 310 g/mol. The minimum absolute atomic E-state index is 0.251. The van der Waals surface area contributed by atoms with Gasteiger partial charge in [0.25, 0.3) is 0 Å². The van der Waals surface area contributed by atoms with Crippen LogP contribution in [0.3, 0.4) is 0 Å².